The molecule has 39 heavy (non-hydrogen) atoms. The van der Waals surface area contributed by atoms with Gasteiger partial charge in [0.1, 0.15) is 6.79 Å². The van der Waals surface area contributed by atoms with Crippen LogP contribution in [0.15, 0.2) is 78.9 Å². The van der Waals surface area contributed by atoms with E-state index in [-0.39, 0.29) is 6.10 Å². The summed E-state index contributed by atoms with van der Waals surface area (Å²) in [6.07, 6.45) is 24.0. The molecule has 2 atom stereocenters. The van der Waals surface area contributed by atoms with Gasteiger partial charge in [0.25, 0.3) is 0 Å². The number of unbranched alkanes of at least 4 members (excludes halogenated alkanes) is 5. The summed E-state index contributed by atoms with van der Waals surface area (Å²) in [6.45, 7) is 21.3. The summed E-state index contributed by atoms with van der Waals surface area (Å²) < 4.78 is 10.3. The van der Waals surface area contributed by atoms with Gasteiger partial charge in [-0.2, -0.15) is 0 Å². The summed E-state index contributed by atoms with van der Waals surface area (Å²) in [4.78, 5) is 8.00. The van der Waals surface area contributed by atoms with Gasteiger partial charge in [-0.05, 0) is 42.0 Å². The summed E-state index contributed by atoms with van der Waals surface area (Å²) in [6, 6.07) is 8.98. The lowest BCUT2D eigenvalue weighted by molar-refractivity contribution is -0.0980. The van der Waals surface area contributed by atoms with E-state index in [0.29, 0.717) is 5.92 Å². The second-order valence-electron chi connectivity index (χ2n) is 8.57. The van der Waals surface area contributed by atoms with E-state index in [1.165, 1.54) is 60.8 Å². The average molecular weight is 541 g/mol. The summed E-state index contributed by atoms with van der Waals surface area (Å²) in [5, 5.41) is 0. The van der Waals surface area contributed by atoms with Gasteiger partial charge in [-0.15, -0.1) is 0 Å². The van der Waals surface area contributed by atoms with Crippen molar-refractivity contribution in [2.45, 2.75) is 105 Å². The van der Waals surface area contributed by atoms with Gasteiger partial charge in [-0.25, -0.2) is 0 Å². The number of rotatable bonds is 13. The molecule has 2 rings (SSSR count). The van der Waals surface area contributed by atoms with E-state index in [0.717, 1.165) is 13.0 Å². The van der Waals surface area contributed by atoms with Gasteiger partial charge in [-0.3, -0.25) is 0 Å². The van der Waals surface area contributed by atoms with Crippen molar-refractivity contribution in [2.75, 3.05) is 20.8 Å². The maximum atomic E-state index is 8.00. The van der Waals surface area contributed by atoms with Crippen LogP contribution in [0.5, 0.6) is 0 Å². The molecule has 0 N–H and O–H groups in total. The Balaban J connectivity index is -0.00000129. The van der Waals surface area contributed by atoms with Crippen LogP contribution < -0.4 is 0 Å². The Morgan fingerprint density at radius 3 is 2.05 bits per heavy atom. The third-order valence-electron chi connectivity index (χ3n) is 5.89. The maximum absolute atomic E-state index is 8.00. The van der Waals surface area contributed by atoms with Gasteiger partial charge in [0.15, 0.2) is 0 Å². The summed E-state index contributed by atoms with van der Waals surface area (Å²) in [5.41, 5.74) is 5.22. The van der Waals surface area contributed by atoms with Crippen molar-refractivity contribution in [3.05, 3.63) is 90.1 Å². The monoisotopic (exact) mass is 540 g/mol. The van der Waals surface area contributed by atoms with Gasteiger partial charge >= 0.3 is 0 Å². The van der Waals surface area contributed by atoms with E-state index in [1.807, 2.05) is 46.6 Å². The molecule has 0 heterocycles. The minimum absolute atomic E-state index is 0.234. The van der Waals surface area contributed by atoms with Crippen molar-refractivity contribution in [1.82, 2.24) is 0 Å². The predicted molar refractivity (Wildman–Crippen MR) is 176 cm³/mol. The SMILES string of the molecule is C=C/C=C\C(=C/C)C(C)c1ccc(C2=CCC(OCCCCCCCC)C=C2)cc1.C=O.CC.CC.COC. The Hall–Kier alpha value is -2.49. The quantitative estimate of drug-likeness (QED) is 0.184. The van der Waals surface area contributed by atoms with Gasteiger partial charge in [0.2, 0.25) is 0 Å². The number of carbonyl (C=O) groups excluding carboxylic acids is 1. The van der Waals surface area contributed by atoms with Crippen molar-refractivity contribution < 1.29 is 14.3 Å². The van der Waals surface area contributed by atoms with Gasteiger partial charge in [0.05, 0.1) is 6.10 Å². The van der Waals surface area contributed by atoms with E-state index in [9.17, 15) is 0 Å². The Morgan fingerprint density at radius 2 is 1.56 bits per heavy atom. The molecule has 0 radical (unpaired) electrons. The lowest BCUT2D eigenvalue weighted by Crippen LogP contribution is -2.12. The van der Waals surface area contributed by atoms with Crippen molar-refractivity contribution in [1.29, 1.82) is 0 Å². The van der Waals surface area contributed by atoms with Crippen LogP contribution in [0.4, 0.5) is 0 Å². The second kappa shape index (κ2) is 31.7. The van der Waals surface area contributed by atoms with Crippen molar-refractivity contribution in [3.63, 3.8) is 0 Å². The Morgan fingerprint density at radius 1 is 1.00 bits per heavy atom. The van der Waals surface area contributed by atoms with Crippen LogP contribution in [0, 0.1) is 0 Å². The van der Waals surface area contributed by atoms with Crippen LogP contribution in [0.2, 0.25) is 0 Å². The van der Waals surface area contributed by atoms with E-state index in [2.05, 4.69) is 86.7 Å². The Bertz CT molecular complexity index is 784. The third-order valence-corrected chi connectivity index (χ3v) is 5.89. The highest BCUT2D eigenvalue weighted by molar-refractivity contribution is 5.75. The molecule has 0 saturated carbocycles. The van der Waals surface area contributed by atoms with E-state index in [1.54, 1.807) is 14.2 Å². The fourth-order valence-corrected chi connectivity index (χ4v) is 3.88. The van der Waals surface area contributed by atoms with Gasteiger partial charge in [0, 0.05) is 26.7 Å². The average Bonchev–Trinajstić information content (AvgIpc) is 3.01. The maximum Gasteiger partial charge on any atom is 0.106 e. The molecule has 0 aromatic heterocycles. The van der Waals surface area contributed by atoms with Crippen molar-refractivity contribution in [2.24, 2.45) is 0 Å². The third kappa shape index (κ3) is 20.1. The molecule has 0 amide bonds. The lowest BCUT2D eigenvalue weighted by Gasteiger charge is -2.18. The van der Waals surface area contributed by atoms with E-state index in [4.69, 9.17) is 9.53 Å². The number of hydrogen-bond acceptors (Lipinski definition) is 3. The predicted octanol–water partition coefficient (Wildman–Crippen LogP) is 10.7. The standard InChI is InChI=1S/C29H40O.C2H6O.2C2H6.CH2O/c1-5-8-10-11-12-13-23-30-29-21-19-28(20-22-29)27-17-15-26(16-18-27)24(4)25(7-3)14-9-6-2;1-3-2;3*1-2/h6-7,9,14-21,24,29H,2,5,8,10-13,22-23H2,1,3-4H3;1-2H3;2*1-2H3;1H2/b14-9-,25-7+;;;;. The molecule has 1 aliphatic rings. The topological polar surface area (TPSA) is 35.5 Å². The Kier molecular flexibility index (Phi) is 33.4. The molecular weight excluding hydrogens is 480 g/mol. The zero-order valence-electron chi connectivity index (χ0n) is 26.8. The molecule has 0 fully saturated rings. The molecule has 1 aromatic carbocycles. The van der Waals surface area contributed by atoms with E-state index >= 15 is 0 Å². The first-order chi connectivity index (χ1) is 19.1. The molecule has 0 bridgehead atoms. The molecule has 3 heteroatoms. The molecule has 1 aromatic rings. The summed E-state index contributed by atoms with van der Waals surface area (Å²) in [5.74, 6) is 0.371. The minimum Gasteiger partial charge on any atom is -0.388 e. The molecule has 0 aliphatic heterocycles. The first-order valence-corrected chi connectivity index (χ1v) is 14.9. The molecule has 0 spiro atoms. The lowest BCUT2D eigenvalue weighted by atomic mass is 9.90. The van der Waals surface area contributed by atoms with Crippen LogP contribution >= 0.6 is 0 Å². The smallest absolute Gasteiger partial charge is 0.106 e. The molecule has 0 saturated heterocycles. The Labute approximate surface area is 242 Å². The fourth-order valence-electron chi connectivity index (χ4n) is 3.88. The number of benzene rings is 1. The fraction of sp³-hybridized carbons (Fsp3) is 0.528. The zero-order valence-corrected chi connectivity index (χ0v) is 26.8. The molecule has 3 nitrogen and oxygen atoms in total. The molecular formula is C36H60O3. The molecule has 1 aliphatic carbocycles. The number of carbonyl (C=O) groups is 1. The highest BCUT2D eigenvalue weighted by Crippen LogP contribution is 2.28. The highest BCUT2D eigenvalue weighted by atomic mass is 16.5. The van der Waals surface area contributed by atoms with Crippen LogP contribution in [-0.4, -0.2) is 33.7 Å². The summed E-state index contributed by atoms with van der Waals surface area (Å²) in [7, 11) is 3.25. The number of ether oxygens (including phenoxy) is 2. The minimum atomic E-state index is 0.234. The highest BCUT2D eigenvalue weighted by Gasteiger charge is 2.12. The zero-order chi connectivity index (χ0) is 30.3. The van der Waals surface area contributed by atoms with Crippen LogP contribution in [0.25, 0.3) is 5.57 Å². The van der Waals surface area contributed by atoms with Gasteiger partial charge < -0.3 is 14.3 Å². The number of methoxy groups -OCH3 is 1. The van der Waals surface area contributed by atoms with Crippen LogP contribution in [0.1, 0.15) is 110 Å². The first kappa shape index (κ1) is 41.0. The van der Waals surface area contributed by atoms with Crippen molar-refractivity contribution >= 4 is 12.4 Å². The molecule has 2 unspecified atom stereocenters. The first-order valence-electron chi connectivity index (χ1n) is 14.9. The van der Waals surface area contributed by atoms with Gasteiger partial charge in [-0.1, -0.05) is 147 Å². The number of hydrogen-bond donors (Lipinski definition) is 0. The van der Waals surface area contributed by atoms with Crippen LogP contribution in [0.3, 0.4) is 0 Å². The van der Waals surface area contributed by atoms with E-state index < -0.39 is 0 Å². The summed E-state index contributed by atoms with van der Waals surface area (Å²) >= 11 is 0. The van der Waals surface area contributed by atoms with Crippen LogP contribution in [-0.2, 0) is 14.3 Å². The normalized spacial score (nSPS) is 14.6. The molecule has 222 valence electrons. The second-order valence-corrected chi connectivity index (χ2v) is 8.57. The largest absolute Gasteiger partial charge is 0.388 e. The van der Waals surface area contributed by atoms with Crippen molar-refractivity contribution in [3.8, 4) is 0 Å². The number of allylic oxidation sites excluding steroid dienone is 7.